The average Bonchev–Trinajstić information content (AvgIpc) is 2.61. The SMILES string of the molecule is O=C(C=Cc1ccncc1)c1ccc(N2CCOCC2)cc1. The highest BCUT2D eigenvalue weighted by Crippen LogP contribution is 2.17. The van der Waals surface area contributed by atoms with E-state index in [1.807, 2.05) is 36.4 Å². The van der Waals surface area contributed by atoms with E-state index in [4.69, 9.17) is 4.74 Å². The van der Waals surface area contributed by atoms with Gasteiger partial charge in [0, 0.05) is 36.7 Å². The number of carbonyl (C=O) groups is 1. The maximum Gasteiger partial charge on any atom is 0.185 e. The number of benzene rings is 1. The zero-order valence-corrected chi connectivity index (χ0v) is 12.3. The van der Waals surface area contributed by atoms with Crippen LogP contribution < -0.4 is 4.90 Å². The second-order valence-corrected chi connectivity index (χ2v) is 5.12. The molecule has 0 amide bonds. The third-order valence-electron chi connectivity index (χ3n) is 3.66. The van der Waals surface area contributed by atoms with Crippen molar-refractivity contribution in [3.8, 4) is 0 Å². The number of carbonyl (C=O) groups excluding carboxylic acids is 1. The first kappa shape index (κ1) is 14.5. The van der Waals surface area contributed by atoms with Crippen molar-refractivity contribution in [2.75, 3.05) is 31.2 Å². The third-order valence-corrected chi connectivity index (χ3v) is 3.66. The number of hydrogen-bond acceptors (Lipinski definition) is 4. The molecule has 0 saturated carbocycles. The molecule has 112 valence electrons. The minimum Gasteiger partial charge on any atom is -0.378 e. The van der Waals surface area contributed by atoms with Crippen molar-refractivity contribution in [3.63, 3.8) is 0 Å². The Bertz CT molecular complexity index is 645. The molecule has 2 aromatic rings. The van der Waals surface area contributed by atoms with Crippen molar-refractivity contribution in [2.45, 2.75) is 0 Å². The Balaban J connectivity index is 1.67. The maximum atomic E-state index is 12.2. The van der Waals surface area contributed by atoms with Gasteiger partial charge in [0.2, 0.25) is 0 Å². The molecule has 1 saturated heterocycles. The zero-order chi connectivity index (χ0) is 15.2. The lowest BCUT2D eigenvalue weighted by molar-refractivity contribution is 0.104. The highest BCUT2D eigenvalue weighted by molar-refractivity contribution is 6.06. The monoisotopic (exact) mass is 294 g/mol. The first-order valence-corrected chi connectivity index (χ1v) is 7.38. The molecule has 0 radical (unpaired) electrons. The molecule has 0 aliphatic carbocycles. The Kier molecular flexibility index (Phi) is 4.61. The zero-order valence-electron chi connectivity index (χ0n) is 12.3. The number of rotatable bonds is 4. The van der Waals surface area contributed by atoms with Gasteiger partial charge in [-0.15, -0.1) is 0 Å². The molecule has 1 aliphatic heterocycles. The summed E-state index contributed by atoms with van der Waals surface area (Å²) in [5.74, 6) is 0.00494. The fraction of sp³-hybridized carbons (Fsp3) is 0.222. The quantitative estimate of drug-likeness (QED) is 0.642. The molecule has 0 atom stereocenters. The van der Waals surface area contributed by atoms with Crippen molar-refractivity contribution < 1.29 is 9.53 Å². The Morgan fingerprint density at radius 1 is 1.05 bits per heavy atom. The van der Waals surface area contributed by atoms with Crippen LogP contribution in [-0.2, 0) is 4.74 Å². The van der Waals surface area contributed by atoms with Crippen LogP contribution in [0, 0.1) is 0 Å². The predicted molar refractivity (Wildman–Crippen MR) is 87.1 cm³/mol. The summed E-state index contributed by atoms with van der Waals surface area (Å²) >= 11 is 0. The van der Waals surface area contributed by atoms with E-state index < -0.39 is 0 Å². The molecule has 1 aromatic carbocycles. The molecule has 1 aliphatic rings. The van der Waals surface area contributed by atoms with Gasteiger partial charge in [-0.3, -0.25) is 9.78 Å². The highest BCUT2D eigenvalue weighted by Gasteiger charge is 2.11. The Labute approximate surface area is 130 Å². The molecular weight excluding hydrogens is 276 g/mol. The average molecular weight is 294 g/mol. The lowest BCUT2D eigenvalue weighted by Gasteiger charge is -2.28. The second-order valence-electron chi connectivity index (χ2n) is 5.12. The number of hydrogen-bond donors (Lipinski definition) is 0. The van der Waals surface area contributed by atoms with Gasteiger partial charge >= 0.3 is 0 Å². The summed E-state index contributed by atoms with van der Waals surface area (Å²) in [6.07, 6.45) is 6.82. The van der Waals surface area contributed by atoms with Crippen LogP contribution in [-0.4, -0.2) is 37.1 Å². The van der Waals surface area contributed by atoms with Gasteiger partial charge in [-0.05, 0) is 48.0 Å². The fourth-order valence-electron chi connectivity index (χ4n) is 2.40. The molecule has 1 aromatic heterocycles. The van der Waals surface area contributed by atoms with E-state index in [2.05, 4.69) is 9.88 Å². The molecule has 2 heterocycles. The summed E-state index contributed by atoms with van der Waals surface area (Å²) < 4.78 is 5.35. The largest absolute Gasteiger partial charge is 0.378 e. The van der Waals surface area contributed by atoms with Crippen molar-refractivity contribution in [1.82, 2.24) is 4.98 Å². The Morgan fingerprint density at radius 3 is 2.41 bits per heavy atom. The van der Waals surface area contributed by atoms with E-state index in [0.29, 0.717) is 5.56 Å². The summed E-state index contributed by atoms with van der Waals surface area (Å²) in [6.45, 7) is 3.31. The van der Waals surface area contributed by atoms with Crippen LogP contribution in [0.2, 0.25) is 0 Å². The van der Waals surface area contributed by atoms with Crippen LogP contribution in [0.1, 0.15) is 15.9 Å². The summed E-state index contributed by atoms with van der Waals surface area (Å²) in [5, 5.41) is 0. The van der Waals surface area contributed by atoms with Gasteiger partial charge in [0.1, 0.15) is 0 Å². The first-order valence-electron chi connectivity index (χ1n) is 7.38. The Hall–Kier alpha value is -2.46. The van der Waals surface area contributed by atoms with Crippen molar-refractivity contribution >= 4 is 17.5 Å². The molecular formula is C18H18N2O2. The van der Waals surface area contributed by atoms with E-state index in [9.17, 15) is 4.79 Å². The maximum absolute atomic E-state index is 12.2. The molecule has 3 rings (SSSR count). The van der Waals surface area contributed by atoms with Gasteiger partial charge in [-0.2, -0.15) is 0 Å². The number of morpholine rings is 1. The van der Waals surface area contributed by atoms with E-state index in [0.717, 1.165) is 37.6 Å². The number of aromatic nitrogens is 1. The Morgan fingerprint density at radius 2 is 1.73 bits per heavy atom. The standard InChI is InChI=1S/C18H18N2O2/c21-18(6-1-15-7-9-19-10-8-15)16-2-4-17(5-3-16)20-11-13-22-14-12-20/h1-10H,11-14H2. The highest BCUT2D eigenvalue weighted by atomic mass is 16.5. The minimum atomic E-state index is 0.00494. The van der Waals surface area contributed by atoms with E-state index in [-0.39, 0.29) is 5.78 Å². The van der Waals surface area contributed by atoms with Gasteiger partial charge < -0.3 is 9.64 Å². The van der Waals surface area contributed by atoms with Crippen molar-refractivity contribution in [2.24, 2.45) is 0 Å². The summed E-state index contributed by atoms with van der Waals surface area (Å²) in [4.78, 5) is 18.4. The number of allylic oxidation sites excluding steroid dienone is 1. The van der Waals surface area contributed by atoms with E-state index in [1.165, 1.54) is 0 Å². The van der Waals surface area contributed by atoms with Crippen LogP contribution in [0.15, 0.2) is 54.9 Å². The van der Waals surface area contributed by atoms with Gasteiger partial charge in [0.05, 0.1) is 13.2 Å². The van der Waals surface area contributed by atoms with E-state index >= 15 is 0 Å². The lowest BCUT2D eigenvalue weighted by Crippen LogP contribution is -2.36. The molecule has 0 spiro atoms. The molecule has 0 N–H and O–H groups in total. The van der Waals surface area contributed by atoms with Gasteiger partial charge in [-0.25, -0.2) is 0 Å². The first-order chi connectivity index (χ1) is 10.8. The number of anilines is 1. The molecule has 22 heavy (non-hydrogen) atoms. The third kappa shape index (κ3) is 3.59. The fourth-order valence-corrected chi connectivity index (χ4v) is 2.40. The van der Waals surface area contributed by atoms with Gasteiger partial charge in [0.25, 0.3) is 0 Å². The summed E-state index contributed by atoms with van der Waals surface area (Å²) in [6, 6.07) is 11.5. The summed E-state index contributed by atoms with van der Waals surface area (Å²) in [5.41, 5.74) is 2.80. The number of pyridine rings is 1. The topological polar surface area (TPSA) is 42.4 Å². The van der Waals surface area contributed by atoms with Crippen LogP contribution in [0.4, 0.5) is 5.69 Å². The minimum absolute atomic E-state index is 0.00494. The van der Waals surface area contributed by atoms with Crippen molar-refractivity contribution in [1.29, 1.82) is 0 Å². The lowest BCUT2D eigenvalue weighted by atomic mass is 10.1. The summed E-state index contributed by atoms with van der Waals surface area (Å²) in [7, 11) is 0. The number of nitrogens with zero attached hydrogens (tertiary/aromatic N) is 2. The molecule has 4 nitrogen and oxygen atoms in total. The van der Waals surface area contributed by atoms with Crippen LogP contribution >= 0.6 is 0 Å². The number of ketones is 1. The molecule has 0 unspecified atom stereocenters. The van der Waals surface area contributed by atoms with Crippen LogP contribution in [0.25, 0.3) is 6.08 Å². The van der Waals surface area contributed by atoms with E-state index in [1.54, 1.807) is 24.5 Å². The van der Waals surface area contributed by atoms with Crippen molar-refractivity contribution in [3.05, 3.63) is 66.0 Å². The van der Waals surface area contributed by atoms with Gasteiger partial charge in [0.15, 0.2) is 5.78 Å². The van der Waals surface area contributed by atoms with Crippen LogP contribution in [0.5, 0.6) is 0 Å². The van der Waals surface area contributed by atoms with Gasteiger partial charge in [-0.1, -0.05) is 6.08 Å². The normalized spacial score (nSPS) is 15.2. The predicted octanol–water partition coefficient (Wildman–Crippen LogP) is 2.81. The molecule has 1 fully saturated rings. The smallest absolute Gasteiger partial charge is 0.185 e. The number of ether oxygens (including phenoxy) is 1. The molecule has 4 heteroatoms. The second kappa shape index (κ2) is 7.00. The molecule has 0 bridgehead atoms. The van der Waals surface area contributed by atoms with Crippen LogP contribution in [0.3, 0.4) is 0 Å².